The van der Waals surface area contributed by atoms with Crippen LogP contribution in [-0.2, 0) is 9.31 Å². The molecular formula is C29H26BN3O2. The fraction of sp³-hybridized carbons (Fsp3) is 0.207. The molecule has 1 fully saturated rings. The highest BCUT2D eigenvalue weighted by atomic mass is 16.7. The van der Waals surface area contributed by atoms with E-state index < -0.39 is 18.3 Å². The maximum absolute atomic E-state index is 6.34. The lowest BCUT2D eigenvalue weighted by molar-refractivity contribution is 0.00578. The number of para-hydroxylation sites is 1. The zero-order chi connectivity index (χ0) is 24.2. The van der Waals surface area contributed by atoms with Crippen molar-refractivity contribution in [2.45, 2.75) is 38.9 Å². The molecule has 0 bridgehead atoms. The summed E-state index contributed by atoms with van der Waals surface area (Å²) in [7, 11) is -0.496. The molecule has 0 aliphatic carbocycles. The standard InChI is InChI=1S/C29H26BN3O2/c1-28(2)29(3,4)35-30(34-28)23-18-31-26(21-15-9-8-14-20(21)23)27-32-24-17-11-10-16-22(24)25(33-27)19-12-6-5-7-13-19/h5-18H,1-4H3. The van der Waals surface area contributed by atoms with Gasteiger partial charge in [-0.1, -0.05) is 72.8 Å². The van der Waals surface area contributed by atoms with Crippen molar-refractivity contribution in [3.8, 4) is 22.8 Å². The van der Waals surface area contributed by atoms with Crippen LogP contribution in [0.1, 0.15) is 27.7 Å². The van der Waals surface area contributed by atoms with E-state index in [4.69, 9.17) is 24.3 Å². The first-order chi connectivity index (χ1) is 16.8. The van der Waals surface area contributed by atoms with E-state index in [1.165, 1.54) is 0 Å². The Labute approximate surface area is 205 Å². The van der Waals surface area contributed by atoms with Gasteiger partial charge in [0.1, 0.15) is 5.69 Å². The van der Waals surface area contributed by atoms with E-state index in [9.17, 15) is 0 Å². The second kappa shape index (κ2) is 7.97. The van der Waals surface area contributed by atoms with Gasteiger partial charge in [0.05, 0.1) is 22.4 Å². The molecule has 172 valence electrons. The third-order valence-electron chi connectivity index (χ3n) is 7.20. The Hall–Kier alpha value is -3.61. The van der Waals surface area contributed by atoms with Crippen molar-refractivity contribution in [2.24, 2.45) is 0 Å². The molecule has 0 saturated carbocycles. The molecule has 2 aromatic heterocycles. The summed E-state index contributed by atoms with van der Waals surface area (Å²) < 4.78 is 12.7. The number of fused-ring (bicyclic) bond motifs is 2. The van der Waals surface area contributed by atoms with E-state index >= 15 is 0 Å². The fourth-order valence-corrected chi connectivity index (χ4v) is 4.55. The molecule has 1 saturated heterocycles. The Bertz CT molecular complexity index is 1550. The Balaban J connectivity index is 1.55. The van der Waals surface area contributed by atoms with Crippen molar-refractivity contribution in [2.75, 3.05) is 0 Å². The van der Waals surface area contributed by atoms with Crippen molar-refractivity contribution in [1.82, 2.24) is 15.0 Å². The summed E-state index contributed by atoms with van der Waals surface area (Å²) >= 11 is 0. The molecule has 35 heavy (non-hydrogen) atoms. The topological polar surface area (TPSA) is 57.1 Å². The molecule has 1 aliphatic rings. The van der Waals surface area contributed by atoms with Crippen molar-refractivity contribution < 1.29 is 9.31 Å². The first kappa shape index (κ1) is 21.9. The number of aromatic nitrogens is 3. The molecule has 6 heteroatoms. The third kappa shape index (κ3) is 3.61. The van der Waals surface area contributed by atoms with Gasteiger partial charge < -0.3 is 9.31 Å². The van der Waals surface area contributed by atoms with Gasteiger partial charge in [0, 0.05) is 28.0 Å². The van der Waals surface area contributed by atoms with Crippen LogP contribution < -0.4 is 5.46 Å². The summed E-state index contributed by atoms with van der Waals surface area (Å²) in [5.41, 5.74) is 3.62. The molecule has 3 heterocycles. The Morgan fingerprint density at radius 3 is 1.94 bits per heavy atom. The van der Waals surface area contributed by atoms with Gasteiger partial charge in [0.25, 0.3) is 0 Å². The van der Waals surface area contributed by atoms with E-state index in [-0.39, 0.29) is 0 Å². The molecule has 0 atom stereocenters. The number of nitrogens with zero attached hydrogens (tertiary/aromatic N) is 3. The maximum atomic E-state index is 6.34. The van der Waals surface area contributed by atoms with Crippen LogP contribution in [-0.4, -0.2) is 33.3 Å². The van der Waals surface area contributed by atoms with E-state index in [0.717, 1.165) is 44.1 Å². The smallest absolute Gasteiger partial charge is 0.399 e. The summed E-state index contributed by atoms with van der Waals surface area (Å²) in [5, 5.41) is 3.00. The van der Waals surface area contributed by atoms with Crippen molar-refractivity contribution in [3.05, 3.63) is 85.1 Å². The molecule has 0 spiro atoms. The summed E-state index contributed by atoms with van der Waals surface area (Å²) in [6.45, 7) is 8.24. The first-order valence-corrected chi connectivity index (χ1v) is 11.9. The lowest BCUT2D eigenvalue weighted by atomic mass is 9.77. The highest BCUT2D eigenvalue weighted by molar-refractivity contribution is 6.65. The van der Waals surface area contributed by atoms with Gasteiger partial charge in [-0.15, -0.1) is 0 Å². The molecule has 3 aromatic carbocycles. The molecule has 0 amide bonds. The van der Waals surface area contributed by atoms with E-state index in [2.05, 4.69) is 58.0 Å². The van der Waals surface area contributed by atoms with Crippen LogP contribution in [0, 0.1) is 0 Å². The van der Waals surface area contributed by atoms with Gasteiger partial charge >= 0.3 is 7.12 Å². The minimum Gasteiger partial charge on any atom is -0.399 e. The summed E-state index contributed by atoms with van der Waals surface area (Å²) in [5.74, 6) is 0.597. The van der Waals surface area contributed by atoms with Crippen LogP contribution in [0.15, 0.2) is 85.1 Å². The minimum absolute atomic E-state index is 0.427. The second-order valence-corrected chi connectivity index (χ2v) is 9.97. The molecular weight excluding hydrogens is 433 g/mol. The number of hydrogen-bond donors (Lipinski definition) is 0. The zero-order valence-electron chi connectivity index (χ0n) is 20.3. The molecule has 5 nitrogen and oxygen atoms in total. The molecule has 5 aromatic rings. The fourth-order valence-electron chi connectivity index (χ4n) is 4.55. The zero-order valence-corrected chi connectivity index (χ0v) is 20.3. The minimum atomic E-state index is -0.496. The van der Waals surface area contributed by atoms with Crippen molar-refractivity contribution in [1.29, 1.82) is 0 Å². The molecule has 1 aliphatic heterocycles. The number of rotatable bonds is 3. The average Bonchev–Trinajstić information content (AvgIpc) is 3.09. The monoisotopic (exact) mass is 459 g/mol. The average molecular weight is 459 g/mol. The molecule has 6 rings (SSSR count). The normalized spacial score (nSPS) is 16.7. The highest BCUT2D eigenvalue weighted by Gasteiger charge is 2.52. The van der Waals surface area contributed by atoms with Crippen LogP contribution in [0.25, 0.3) is 44.5 Å². The quantitative estimate of drug-likeness (QED) is 0.319. The lowest BCUT2D eigenvalue weighted by Crippen LogP contribution is -2.41. The van der Waals surface area contributed by atoms with Gasteiger partial charge in [-0.3, -0.25) is 4.98 Å². The van der Waals surface area contributed by atoms with Crippen molar-refractivity contribution in [3.63, 3.8) is 0 Å². The lowest BCUT2D eigenvalue weighted by Gasteiger charge is -2.32. The van der Waals surface area contributed by atoms with Crippen LogP contribution in [0.3, 0.4) is 0 Å². The SMILES string of the molecule is CC1(C)OB(c2cnc(-c3nc(-c4ccccc4)c4ccccc4n3)c3ccccc23)OC1(C)C. The van der Waals surface area contributed by atoms with Gasteiger partial charge in [-0.05, 0) is 39.1 Å². The summed E-state index contributed by atoms with van der Waals surface area (Å²) in [6, 6.07) is 26.5. The largest absolute Gasteiger partial charge is 0.497 e. The van der Waals surface area contributed by atoms with Gasteiger partial charge in [-0.25, -0.2) is 9.97 Å². The highest BCUT2D eigenvalue weighted by Crippen LogP contribution is 2.37. The predicted octanol–water partition coefficient (Wildman–Crippen LogP) is 5.81. The Morgan fingerprint density at radius 1 is 0.629 bits per heavy atom. The van der Waals surface area contributed by atoms with Crippen LogP contribution in [0.4, 0.5) is 0 Å². The van der Waals surface area contributed by atoms with Gasteiger partial charge in [0.15, 0.2) is 5.82 Å². The van der Waals surface area contributed by atoms with Crippen LogP contribution in [0.2, 0.25) is 0 Å². The Morgan fingerprint density at radius 2 is 1.23 bits per heavy atom. The number of pyridine rings is 1. The first-order valence-electron chi connectivity index (χ1n) is 11.9. The van der Waals surface area contributed by atoms with E-state index in [1.807, 2.05) is 54.7 Å². The number of benzene rings is 3. The van der Waals surface area contributed by atoms with Crippen LogP contribution >= 0.6 is 0 Å². The third-order valence-corrected chi connectivity index (χ3v) is 7.20. The van der Waals surface area contributed by atoms with Crippen molar-refractivity contribution >= 4 is 34.3 Å². The Kier molecular flexibility index (Phi) is 4.99. The van der Waals surface area contributed by atoms with Crippen LogP contribution in [0.5, 0.6) is 0 Å². The second-order valence-electron chi connectivity index (χ2n) is 9.97. The van der Waals surface area contributed by atoms with E-state index in [1.54, 1.807) is 0 Å². The maximum Gasteiger partial charge on any atom is 0.497 e. The van der Waals surface area contributed by atoms with Gasteiger partial charge in [-0.2, -0.15) is 0 Å². The molecule has 0 N–H and O–H groups in total. The molecule has 0 unspecified atom stereocenters. The summed E-state index contributed by atoms with van der Waals surface area (Å²) in [6.07, 6.45) is 1.85. The van der Waals surface area contributed by atoms with E-state index in [0.29, 0.717) is 5.82 Å². The van der Waals surface area contributed by atoms with Gasteiger partial charge in [0.2, 0.25) is 0 Å². The summed E-state index contributed by atoms with van der Waals surface area (Å²) in [4.78, 5) is 14.8. The number of hydrogen-bond acceptors (Lipinski definition) is 5. The predicted molar refractivity (Wildman–Crippen MR) is 141 cm³/mol. The molecule has 0 radical (unpaired) electrons.